The topological polar surface area (TPSA) is 20.2 Å². The zero-order valence-electron chi connectivity index (χ0n) is 8.55. The molecule has 2 unspecified atom stereocenters. The van der Waals surface area contributed by atoms with E-state index in [9.17, 15) is 5.11 Å². The van der Waals surface area contributed by atoms with Gasteiger partial charge in [0, 0.05) is 10.6 Å². The molecule has 1 nitrogen and oxygen atoms in total. The number of rotatable bonds is 2. The van der Waals surface area contributed by atoms with Crippen LogP contribution in [0.4, 0.5) is 0 Å². The van der Waals surface area contributed by atoms with E-state index in [1.165, 1.54) is 0 Å². The Hall–Kier alpha value is -0.530. The van der Waals surface area contributed by atoms with Crippen molar-refractivity contribution in [3.05, 3.63) is 34.3 Å². The van der Waals surface area contributed by atoms with Crippen LogP contribution in [0.3, 0.4) is 0 Å². The molecule has 0 radical (unpaired) electrons. The number of benzene rings is 1. The molecular weight excluding hydrogens is 196 g/mol. The zero-order chi connectivity index (χ0) is 10.3. The summed E-state index contributed by atoms with van der Waals surface area (Å²) in [5, 5.41) is 11.0. The number of hydrogen-bond donors (Lipinski definition) is 1. The van der Waals surface area contributed by atoms with Crippen molar-refractivity contribution in [2.24, 2.45) is 5.92 Å². The van der Waals surface area contributed by atoms with Crippen LogP contribution in [-0.2, 0) is 5.60 Å². The van der Waals surface area contributed by atoms with Gasteiger partial charge >= 0.3 is 0 Å². The van der Waals surface area contributed by atoms with E-state index in [0.29, 0.717) is 5.92 Å². The van der Waals surface area contributed by atoms with Crippen molar-refractivity contribution in [3.63, 3.8) is 0 Å². The average molecular weight is 211 g/mol. The lowest BCUT2D eigenvalue weighted by atomic mass is 10.0. The second-order valence-corrected chi connectivity index (χ2v) is 4.55. The van der Waals surface area contributed by atoms with E-state index < -0.39 is 5.60 Å². The smallest absolute Gasteiger partial charge is 0.0943 e. The molecule has 76 valence electrons. The van der Waals surface area contributed by atoms with E-state index >= 15 is 0 Å². The highest BCUT2D eigenvalue weighted by Crippen LogP contribution is 2.55. The largest absolute Gasteiger partial charge is 0.385 e. The van der Waals surface area contributed by atoms with Gasteiger partial charge in [0.2, 0.25) is 0 Å². The fourth-order valence-electron chi connectivity index (χ4n) is 2.11. The van der Waals surface area contributed by atoms with Gasteiger partial charge < -0.3 is 5.11 Å². The van der Waals surface area contributed by atoms with Gasteiger partial charge in [0.1, 0.15) is 0 Å². The highest BCUT2D eigenvalue weighted by atomic mass is 35.5. The molecule has 1 aliphatic rings. The van der Waals surface area contributed by atoms with Crippen molar-refractivity contribution in [1.29, 1.82) is 0 Å². The number of hydrogen-bond acceptors (Lipinski definition) is 1. The van der Waals surface area contributed by atoms with Crippen LogP contribution in [0.25, 0.3) is 0 Å². The van der Waals surface area contributed by atoms with Gasteiger partial charge in [0.05, 0.1) is 5.60 Å². The molecular formula is C12H15ClO. The summed E-state index contributed by atoms with van der Waals surface area (Å²) in [5.74, 6) is 0.391. The van der Waals surface area contributed by atoms with Gasteiger partial charge in [-0.1, -0.05) is 43.1 Å². The first-order chi connectivity index (χ1) is 6.59. The third-order valence-corrected chi connectivity index (χ3v) is 3.73. The first kappa shape index (κ1) is 10.0. The standard InChI is InChI=1S/C12H15ClO/c1-3-9-7-12(9,14)10-6-4-5-8(2)11(10)13/h4-6,9,14H,3,7H2,1-2H3. The highest BCUT2D eigenvalue weighted by molar-refractivity contribution is 6.32. The summed E-state index contributed by atoms with van der Waals surface area (Å²) in [4.78, 5) is 0. The molecule has 1 aromatic rings. The summed E-state index contributed by atoms with van der Waals surface area (Å²) >= 11 is 6.18. The minimum absolute atomic E-state index is 0.391. The van der Waals surface area contributed by atoms with Gasteiger partial charge in [-0.15, -0.1) is 0 Å². The molecule has 0 amide bonds. The summed E-state index contributed by atoms with van der Waals surface area (Å²) in [5.41, 5.74) is 1.31. The molecule has 1 saturated carbocycles. The number of aliphatic hydroxyl groups is 1. The minimum Gasteiger partial charge on any atom is -0.385 e. The van der Waals surface area contributed by atoms with Crippen molar-refractivity contribution in [2.45, 2.75) is 32.3 Å². The van der Waals surface area contributed by atoms with Crippen LogP contribution < -0.4 is 0 Å². The van der Waals surface area contributed by atoms with Crippen LogP contribution >= 0.6 is 11.6 Å². The Morgan fingerprint density at radius 2 is 2.29 bits per heavy atom. The van der Waals surface area contributed by atoms with Gasteiger partial charge in [-0.25, -0.2) is 0 Å². The lowest BCUT2D eigenvalue weighted by Gasteiger charge is -2.13. The maximum Gasteiger partial charge on any atom is 0.0943 e. The fraction of sp³-hybridized carbons (Fsp3) is 0.500. The molecule has 0 aliphatic heterocycles. The number of halogens is 1. The Kier molecular flexibility index (Phi) is 2.32. The Balaban J connectivity index is 2.39. The molecule has 0 aromatic heterocycles. The average Bonchev–Trinajstić information content (AvgIpc) is 2.83. The predicted molar refractivity (Wildman–Crippen MR) is 58.5 cm³/mol. The minimum atomic E-state index is -0.641. The van der Waals surface area contributed by atoms with E-state index in [2.05, 4.69) is 6.92 Å². The van der Waals surface area contributed by atoms with Crippen LogP contribution in [0.1, 0.15) is 30.9 Å². The Bertz CT molecular complexity index is 361. The quantitative estimate of drug-likeness (QED) is 0.795. The summed E-state index contributed by atoms with van der Waals surface area (Å²) in [6, 6.07) is 5.86. The van der Waals surface area contributed by atoms with Crippen molar-refractivity contribution in [2.75, 3.05) is 0 Å². The highest BCUT2D eigenvalue weighted by Gasteiger charge is 2.53. The van der Waals surface area contributed by atoms with Gasteiger partial charge in [0.25, 0.3) is 0 Å². The molecule has 2 heteroatoms. The molecule has 14 heavy (non-hydrogen) atoms. The Labute approximate surface area is 89.7 Å². The van der Waals surface area contributed by atoms with Crippen LogP contribution in [-0.4, -0.2) is 5.11 Å². The summed E-state index contributed by atoms with van der Waals surface area (Å²) in [6.45, 7) is 4.07. The molecule has 0 bridgehead atoms. The predicted octanol–water partition coefficient (Wildman–Crippen LogP) is 3.27. The molecule has 1 fully saturated rings. The molecule has 0 saturated heterocycles. The normalized spacial score (nSPS) is 30.4. The third kappa shape index (κ3) is 1.35. The van der Waals surface area contributed by atoms with Gasteiger partial charge in [-0.2, -0.15) is 0 Å². The maximum absolute atomic E-state index is 10.3. The lowest BCUT2D eigenvalue weighted by molar-refractivity contribution is 0.130. The Morgan fingerprint density at radius 3 is 2.86 bits per heavy atom. The SMILES string of the molecule is CCC1CC1(O)c1cccc(C)c1Cl. The number of aryl methyl sites for hydroxylation is 1. The maximum atomic E-state index is 10.3. The monoisotopic (exact) mass is 210 g/mol. The molecule has 0 heterocycles. The zero-order valence-corrected chi connectivity index (χ0v) is 9.30. The molecule has 1 aliphatic carbocycles. The van der Waals surface area contributed by atoms with Gasteiger partial charge in [-0.05, 0) is 24.8 Å². The van der Waals surface area contributed by atoms with Crippen LogP contribution in [0, 0.1) is 12.8 Å². The van der Waals surface area contributed by atoms with E-state index in [4.69, 9.17) is 11.6 Å². The molecule has 1 aromatic carbocycles. The van der Waals surface area contributed by atoms with Crippen LogP contribution in [0.5, 0.6) is 0 Å². The fourth-order valence-corrected chi connectivity index (χ4v) is 2.40. The second kappa shape index (κ2) is 3.25. The van der Waals surface area contributed by atoms with Crippen molar-refractivity contribution in [3.8, 4) is 0 Å². The first-order valence-electron chi connectivity index (χ1n) is 5.07. The van der Waals surface area contributed by atoms with Crippen molar-refractivity contribution < 1.29 is 5.11 Å². The molecule has 1 N–H and O–H groups in total. The first-order valence-corrected chi connectivity index (χ1v) is 5.45. The summed E-state index contributed by atoms with van der Waals surface area (Å²) < 4.78 is 0. The molecule has 0 spiro atoms. The van der Waals surface area contributed by atoms with E-state index in [-0.39, 0.29) is 0 Å². The molecule has 2 rings (SSSR count). The van der Waals surface area contributed by atoms with Crippen molar-refractivity contribution >= 4 is 11.6 Å². The summed E-state index contributed by atoms with van der Waals surface area (Å²) in [7, 11) is 0. The second-order valence-electron chi connectivity index (χ2n) is 4.17. The van der Waals surface area contributed by atoms with Crippen LogP contribution in [0.15, 0.2) is 18.2 Å². The third-order valence-electron chi connectivity index (χ3n) is 3.22. The lowest BCUT2D eigenvalue weighted by Crippen LogP contribution is -2.09. The van der Waals surface area contributed by atoms with E-state index in [1.54, 1.807) is 0 Å². The van der Waals surface area contributed by atoms with Crippen LogP contribution in [0.2, 0.25) is 5.02 Å². The summed E-state index contributed by atoms with van der Waals surface area (Å²) in [6.07, 6.45) is 1.87. The van der Waals surface area contributed by atoms with Gasteiger partial charge in [0.15, 0.2) is 0 Å². The van der Waals surface area contributed by atoms with Gasteiger partial charge in [-0.3, -0.25) is 0 Å². The van der Waals surface area contributed by atoms with E-state index in [0.717, 1.165) is 29.0 Å². The molecule has 2 atom stereocenters. The van der Waals surface area contributed by atoms with E-state index in [1.807, 2.05) is 25.1 Å². The van der Waals surface area contributed by atoms with Crippen molar-refractivity contribution in [1.82, 2.24) is 0 Å². The Morgan fingerprint density at radius 1 is 1.57 bits per heavy atom.